The van der Waals surface area contributed by atoms with E-state index in [-0.39, 0.29) is 5.92 Å². The lowest BCUT2D eigenvalue weighted by Crippen LogP contribution is -2.11. The molecule has 0 saturated carbocycles. The maximum Gasteiger partial charge on any atom is 0.307 e. The molecule has 1 unspecified atom stereocenters. The van der Waals surface area contributed by atoms with Gasteiger partial charge in [-0.1, -0.05) is 19.1 Å². The van der Waals surface area contributed by atoms with Crippen LogP contribution in [-0.4, -0.2) is 26.4 Å². The number of rotatable bonds is 6. The van der Waals surface area contributed by atoms with E-state index < -0.39 is 5.97 Å². The van der Waals surface area contributed by atoms with Gasteiger partial charge in [-0.25, -0.2) is 4.98 Å². The fourth-order valence-electron chi connectivity index (χ4n) is 1.60. The van der Waals surface area contributed by atoms with Crippen LogP contribution in [0.4, 0.5) is 0 Å². The monoisotopic (exact) mass is 276 g/mol. The third-order valence-electron chi connectivity index (χ3n) is 2.80. The molecular weight excluding hydrogens is 260 g/mol. The van der Waals surface area contributed by atoms with Crippen molar-refractivity contribution in [1.29, 1.82) is 0 Å². The fourth-order valence-corrected chi connectivity index (χ4v) is 2.64. The number of hydrogen-bond acceptors (Lipinski definition) is 3. The Labute approximate surface area is 116 Å². The first-order valence-electron chi connectivity index (χ1n) is 6.04. The summed E-state index contributed by atoms with van der Waals surface area (Å²) in [6.07, 6.45) is 5.41. The number of carboxylic acids is 1. The smallest absolute Gasteiger partial charge is 0.307 e. The number of thioether (sulfide) groups is 1. The summed E-state index contributed by atoms with van der Waals surface area (Å²) in [6, 6.07) is 8.21. The average molecular weight is 276 g/mol. The number of carbonyl (C=O) groups is 1. The number of aromatic nitrogens is 2. The van der Waals surface area contributed by atoms with Crippen LogP contribution >= 0.6 is 11.8 Å². The lowest BCUT2D eigenvalue weighted by Gasteiger charge is -2.07. The Hall–Kier alpha value is -1.75. The number of nitrogens with zero attached hydrogens (tertiary/aromatic N) is 2. The second kappa shape index (κ2) is 6.43. The lowest BCUT2D eigenvalue weighted by molar-refractivity contribution is -0.140. The summed E-state index contributed by atoms with van der Waals surface area (Å²) in [5.74, 6) is 0.443. The molecule has 0 amide bonds. The van der Waals surface area contributed by atoms with Gasteiger partial charge in [-0.2, -0.15) is 11.8 Å². The van der Waals surface area contributed by atoms with E-state index in [9.17, 15) is 4.79 Å². The van der Waals surface area contributed by atoms with Crippen molar-refractivity contribution in [3.63, 3.8) is 0 Å². The summed E-state index contributed by atoms with van der Waals surface area (Å²) >= 11 is 1.65. The first kappa shape index (κ1) is 13.7. The zero-order chi connectivity index (χ0) is 13.7. The number of hydrogen-bond donors (Lipinski definition) is 1. The van der Waals surface area contributed by atoms with E-state index in [1.807, 2.05) is 22.9 Å². The highest BCUT2D eigenvalue weighted by molar-refractivity contribution is 7.98. The van der Waals surface area contributed by atoms with E-state index in [1.54, 1.807) is 31.2 Å². The van der Waals surface area contributed by atoms with Crippen molar-refractivity contribution in [3.8, 4) is 5.69 Å². The minimum atomic E-state index is -0.733. The Morgan fingerprint density at radius 1 is 1.42 bits per heavy atom. The molecule has 1 atom stereocenters. The van der Waals surface area contributed by atoms with Crippen LogP contribution < -0.4 is 0 Å². The van der Waals surface area contributed by atoms with Gasteiger partial charge in [0.15, 0.2) is 0 Å². The molecule has 2 aromatic rings. The summed E-state index contributed by atoms with van der Waals surface area (Å²) in [7, 11) is 0. The normalized spacial score (nSPS) is 12.3. The predicted octanol–water partition coefficient (Wildman–Crippen LogP) is 2.83. The van der Waals surface area contributed by atoms with E-state index in [2.05, 4.69) is 17.1 Å². The molecule has 1 N–H and O–H groups in total. The van der Waals surface area contributed by atoms with E-state index in [4.69, 9.17) is 5.11 Å². The number of carboxylic acid groups (broad SMARTS) is 1. The quantitative estimate of drug-likeness (QED) is 0.881. The lowest BCUT2D eigenvalue weighted by atomic mass is 10.2. The molecule has 0 bridgehead atoms. The SMILES string of the molecule is CC(CSCc1ccc(-n2ccnc2)cc1)C(=O)O. The van der Waals surface area contributed by atoms with Crippen LogP contribution in [0.3, 0.4) is 0 Å². The van der Waals surface area contributed by atoms with Gasteiger partial charge in [-0.15, -0.1) is 0 Å². The Balaban J connectivity index is 1.87. The van der Waals surface area contributed by atoms with Crippen LogP contribution in [0, 0.1) is 5.92 Å². The Morgan fingerprint density at radius 3 is 2.74 bits per heavy atom. The number of imidazole rings is 1. The van der Waals surface area contributed by atoms with Crippen LogP contribution in [0.25, 0.3) is 5.69 Å². The molecule has 4 nitrogen and oxygen atoms in total. The first-order valence-corrected chi connectivity index (χ1v) is 7.20. The second-order valence-corrected chi connectivity index (χ2v) is 5.42. The van der Waals surface area contributed by atoms with Crippen molar-refractivity contribution in [3.05, 3.63) is 48.5 Å². The molecule has 0 aliphatic rings. The van der Waals surface area contributed by atoms with Crippen molar-refractivity contribution in [2.24, 2.45) is 5.92 Å². The minimum Gasteiger partial charge on any atom is -0.481 e. The van der Waals surface area contributed by atoms with Crippen LogP contribution in [0.15, 0.2) is 43.0 Å². The molecule has 0 spiro atoms. The largest absolute Gasteiger partial charge is 0.481 e. The van der Waals surface area contributed by atoms with Crippen molar-refractivity contribution < 1.29 is 9.90 Å². The van der Waals surface area contributed by atoms with Crippen LogP contribution in [0.2, 0.25) is 0 Å². The molecule has 0 saturated heterocycles. The van der Waals surface area contributed by atoms with Gasteiger partial charge in [0.25, 0.3) is 0 Å². The van der Waals surface area contributed by atoms with E-state index in [0.29, 0.717) is 5.75 Å². The van der Waals surface area contributed by atoms with Gasteiger partial charge in [0, 0.05) is 29.6 Å². The van der Waals surface area contributed by atoms with Crippen LogP contribution in [-0.2, 0) is 10.5 Å². The molecule has 0 radical (unpaired) electrons. The van der Waals surface area contributed by atoms with E-state index >= 15 is 0 Å². The van der Waals surface area contributed by atoms with Gasteiger partial charge in [-0.05, 0) is 17.7 Å². The van der Waals surface area contributed by atoms with Crippen LogP contribution in [0.1, 0.15) is 12.5 Å². The molecule has 0 aliphatic heterocycles. The van der Waals surface area contributed by atoms with Crippen molar-refractivity contribution in [1.82, 2.24) is 9.55 Å². The highest BCUT2D eigenvalue weighted by Crippen LogP contribution is 2.17. The fraction of sp³-hybridized carbons (Fsp3) is 0.286. The highest BCUT2D eigenvalue weighted by atomic mass is 32.2. The second-order valence-electron chi connectivity index (χ2n) is 4.39. The molecule has 100 valence electrons. The number of aliphatic carboxylic acids is 1. The molecule has 0 aliphatic carbocycles. The predicted molar refractivity (Wildman–Crippen MR) is 76.5 cm³/mol. The molecule has 19 heavy (non-hydrogen) atoms. The number of benzene rings is 1. The maximum absolute atomic E-state index is 10.7. The Bertz CT molecular complexity index is 523. The zero-order valence-corrected chi connectivity index (χ0v) is 11.5. The summed E-state index contributed by atoms with van der Waals surface area (Å²) < 4.78 is 1.95. The maximum atomic E-state index is 10.7. The van der Waals surface area contributed by atoms with Gasteiger partial charge >= 0.3 is 5.97 Å². The van der Waals surface area contributed by atoms with Crippen molar-refractivity contribution in [2.75, 3.05) is 5.75 Å². The summed E-state index contributed by atoms with van der Waals surface area (Å²) in [5.41, 5.74) is 2.27. The van der Waals surface area contributed by atoms with Gasteiger partial charge in [0.2, 0.25) is 0 Å². The third kappa shape index (κ3) is 3.86. The Kier molecular flexibility index (Phi) is 4.63. The zero-order valence-electron chi connectivity index (χ0n) is 10.7. The first-order chi connectivity index (χ1) is 9.16. The van der Waals surface area contributed by atoms with Crippen molar-refractivity contribution in [2.45, 2.75) is 12.7 Å². The molecule has 5 heteroatoms. The molecule has 0 fully saturated rings. The third-order valence-corrected chi connectivity index (χ3v) is 4.07. The van der Waals surface area contributed by atoms with E-state index in [1.165, 1.54) is 5.56 Å². The Morgan fingerprint density at radius 2 is 2.16 bits per heavy atom. The summed E-state index contributed by atoms with van der Waals surface area (Å²) in [6.45, 7) is 1.73. The van der Waals surface area contributed by atoms with Gasteiger partial charge in [-0.3, -0.25) is 4.79 Å². The molecule has 1 aromatic carbocycles. The topological polar surface area (TPSA) is 55.1 Å². The molecule has 1 aromatic heterocycles. The van der Waals surface area contributed by atoms with E-state index in [0.717, 1.165) is 11.4 Å². The van der Waals surface area contributed by atoms with Gasteiger partial charge in [0.1, 0.15) is 0 Å². The highest BCUT2D eigenvalue weighted by Gasteiger charge is 2.10. The van der Waals surface area contributed by atoms with Gasteiger partial charge in [0.05, 0.1) is 12.2 Å². The average Bonchev–Trinajstić information content (AvgIpc) is 2.93. The van der Waals surface area contributed by atoms with Crippen LogP contribution in [0.5, 0.6) is 0 Å². The summed E-state index contributed by atoms with van der Waals surface area (Å²) in [5, 5.41) is 8.80. The molecule has 2 rings (SSSR count). The van der Waals surface area contributed by atoms with Gasteiger partial charge < -0.3 is 9.67 Å². The molecule has 1 heterocycles. The molecular formula is C14H16N2O2S. The van der Waals surface area contributed by atoms with Crippen molar-refractivity contribution >= 4 is 17.7 Å². The summed E-state index contributed by atoms with van der Waals surface area (Å²) in [4.78, 5) is 14.7. The standard InChI is InChI=1S/C14H16N2O2S/c1-11(14(17)18)8-19-9-12-2-4-13(5-3-12)16-7-6-15-10-16/h2-7,10-11H,8-9H2,1H3,(H,17,18). The minimum absolute atomic E-state index is 0.296.